The van der Waals surface area contributed by atoms with Gasteiger partial charge in [-0.2, -0.15) is 5.26 Å². The number of halogens is 1. The number of hydrogen-bond acceptors (Lipinski definition) is 3. The molecule has 4 heteroatoms. The van der Waals surface area contributed by atoms with E-state index in [1.54, 1.807) is 6.07 Å². The fraction of sp³-hybridized carbons (Fsp3) is 0.182. The van der Waals surface area contributed by atoms with Crippen LogP contribution in [0.2, 0.25) is 0 Å². The molecule has 0 aromatic heterocycles. The lowest BCUT2D eigenvalue weighted by atomic mass is 10.1. The summed E-state index contributed by atoms with van der Waals surface area (Å²) in [5, 5.41) is 11.8. The summed E-state index contributed by atoms with van der Waals surface area (Å²) in [6, 6.07) is 7.64. The third-order valence-corrected chi connectivity index (χ3v) is 2.18. The summed E-state index contributed by atoms with van der Waals surface area (Å²) in [6.07, 6.45) is 0.330. The molecule has 78 valence electrons. The molecule has 0 saturated carbocycles. The van der Waals surface area contributed by atoms with Crippen LogP contribution in [0.25, 0.3) is 0 Å². The molecule has 1 rings (SSSR count). The predicted molar refractivity (Wildman–Crippen MR) is 66.7 cm³/mol. The maximum Gasteiger partial charge on any atom is 0.0670 e. The fourth-order valence-corrected chi connectivity index (χ4v) is 1.29. The van der Waals surface area contributed by atoms with Crippen molar-refractivity contribution >= 4 is 27.3 Å². The molecule has 0 fully saturated rings. The molecule has 0 bridgehead atoms. The Morgan fingerprint density at radius 2 is 2.33 bits per heavy atom. The number of nitrogen functional groups attached to an aromatic ring is 1. The highest BCUT2D eigenvalue weighted by Gasteiger charge is 2.00. The highest BCUT2D eigenvalue weighted by atomic mass is 79.9. The van der Waals surface area contributed by atoms with E-state index in [0.29, 0.717) is 18.7 Å². The molecular weight excluding hydrogens is 254 g/mol. The molecule has 0 spiro atoms. The standard InChI is InChI=1S/C11H12BrN3/c1-8(12)7-15-10-2-3-11(14)9(6-10)4-5-13/h2-3,6,15H,1,4,7,14H2. The van der Waals surface area contributed by atoms with Crippen molar-refractivity contribution < 1.29 is 0 Å². The third kappa shape index (κ3) is 3.64. The Balaban J connectivity index is 2.79. The summed E-state index contributed by atoms with van der Waals surface area (Å²) >= 11 is 3.26. The van der Waals surface area contributed by atoms with Crippen molar-refractivity contribution in [3.8, 4) is 6.07 Å². The molecular formula is C11H12BrN3. The third-order valence-electron chi connectivity index (χ3n) is 1.90. The molecule has 1 aromatic rings. The smallest absolute Gasteiger partial charge is 0.0670 e. The van der Waals surface area contributed by atoms with Crippen LogP contribution in [0.5, 0.6) is 0 Å². The molecule has 1 aromatic carbocycles. The number of benzene rings is 1. The molecule has 0 radical (unpaired) electrons. The number of anilines is 2. The Labute approximate surface area is 97.7 Å². The molecule has 0 aliphatic heterocycles. The first kappa shape index (κ1) is 11.6. The van der Waals surface area contributed by atoms with Crippen molar-refractivity contribution in [2.75, 3.05) is 17.6 Å². The van der Waals surface area contributed by atoms with Crippen molar-refractivity contribution in [2.24, 2.45) is 0 Å². The van der Waals surface area contributed by atoms with E-state index in [-0.39, 0.29) is 0 Å². The topological polar surface area (TPSA) is 61.8 Å². The van der Waals surface area contributed by atoms with E-state index in [0.717, 1.165) is 15.7 Å². The van der Waals surface area contributed by atoms with Gasteiger partial charge in [0.2, 0.25) is 0 Å². The average Bonchev–Trinajstić information content (AvgIpc) is 2.19. The van der Waals surface area contributed by atoms with E-state index in [4.69, 9.17) is 11.0 Å². The van der Waals surface area contributed by atoms with Gasteiger partial charge >= 0.3 is 0 Å². The number of hydrogen-bond donors (Lipinski definition) is 2. The number of nitrogens with one attached hydrogen (secondary N) is 1. The Morgan fingerprint density at radius 3 is 2.93 bits per heavy atom. The van der Waals surface area contributed by atoms with E-state index >= 15 is 0 Å². The number of nitrogens with zero attached hydrogens (tertiary/aromatic N) is 1. The first-order chi connectivity index (χ1) is 7.13. The summed E-state index contributed by atoms with van der Waals surface area (Å²) in [4.78, 5) is 0. The Morgan fingerprint density at radius 1 is 1.60 bits per heavy atom. The van der Waals surface area contributed by atoms with Gasteiger partial charge in [-0.15, -0.1) is 0 Å². The van der Waals surface area contributed by atoms with Crippen LogP contribution in [0.3, 0.4) is 0 Å². The van der Waals surface area contributed by atoms with Gasteiger partial charge in [0.25, 0.3) is 0 Å². The summed E-state index contributed by atoms with van der Waals surface area (Å²) < 4.78 is 0.876. The van der Waals surface area contributed by atoms with Gasteiger partial charge < -0.3 is 11.1 Å². The van der Waals surface area contributed by atoms with Gasteiger partial charge in [0, 0.05) is 22.4 Å². The van der Waals surface area contributed by atoms with Crippen molar-refractivity contribution in [1.29, 1.82) is 5.26 Å². The minimum atomic E-state index is 0.330. The van der Waals surface area contributed by atoms with Crippen LogP contribution < -0.4 is 11.1 Å². The van der Waals surface area contributed by atoms with Crippen LogP contribution in [0.4, 0.5) is 11.4 Å². The van der Waals surface area contributed by atoms with Crippen LogP contribution in [0.15, 0.2) is 29.3 Å². The molecule has 0 aliphatic carbocycles. The van der Waals surface area contributed by atoms with E-state index in [2.05, 4.69) is 33.9 Å². The number of nitrogens with two attached hydrogens (primary N) is 1. The van der Waals surface area contributed by atoms with Crippen LogP contribution >= 0.6 is 15.9 Å². The first-order valence-electron chi connectivity index (χ1n) is 4.46. The zero-order valence-corrected chi connectivity index (χ0v) is 9.84. The minimum Gasteiger partial charge on any atom is -0.398 e. The monoisotopic (exact) mass is 265 g/mol. The molecule has 0 atom stereocenters. The Kier molecular flexibility index (Phi) is 4.19. The van der Waals surface area contributed by atoms with Crippen LogP contribution in [-0.2, 0) is 6.42 Å². The minimum absolute atomic E-state index is 0.330. The van der Waals surface area contributed by atoms with Crippen LogP contribution in [-0.4, -0.2) is 6.54 Å². The zero-order chi connectivity index (χ0) is 11.3. The van der Waals surface area contributed by atoms with Crippen LogP contribution in [0.1, 0.15) is 5.56 Å². The summed E-state index contributed by atoms with van der Waals surface area (Å²) in [6.45, 7) is 4.37. The maximum atomic E-state index is 8.61. The molecule has 3 N–H and O–H groups in total. The molecule has 0 saturated heterocycles. The van der Waals surface area contributed by atoms with E-state index in [1.165, 1.54) is 0 Å². The van der Waals surface area contributed by atoms with Gasteiger partial charge in [-0.3, -0.25) is 0 Å². The molecule has 0 aliphatic rings. The SMILES string of the molecule is C=C(Br)CNc1ccc(N)c(CC#N)c1. The average molecular weight is 266 g/mol. The van der Waals surface area contributed by atoms with Gasteiger partial charge in [0.1, 0.15) is 0 Å². The largest absolute Gasteiger partial charge is 0.398 e. The molecule has 3 nitrogen and oxygen atoms in total. The summed E-state index contributed by atoms with van der Waals surface area (Å²) in [7, 11) is 0. The first-order valence-corrected chi connectivity index (χ1v) is 5.25. The van der Waals surface area contributed by atoms with Crippen molar-refractivity contribution in [2.45, 2.75) is 6.42 Å². The zero-order valence-electron chi connectivity index (χ0n) is 8.26. The normalized spacial score (nSPS) is 9.33. The lowest BCUT2D eigenvalue weighted by Gasteiger charge is -2.08. The highest BCUT2D eigenvalue weighted by molar-refractivity contribution is 9.11. The second-order valence-electron chi connectivity index (χ2n) is 3.12. The summed E-state index contributed by atoms with van der Waals surface area (Å²) in [5.74, 6) is 0. The van der Waals surface area contributed by atoms with Gasteiger partial charge in [-0.05, 0) is 23.8 Å². The number of nitriles is 1. The predicted octanol–water partition coefficient (Wildman–Crippen LogP) is 2.66. The fourth-order valence-electron chi connectivity index (χ4n) is 1.15. The number of rotatable bonds is 4. The Hall–Kier alpha value is -1.47. The summed E-state index contributed by atoms with van der Waals surface area (Å²) in [5.41, 5.74) is 8.17. The molecule has 0 amide bonds. The van der Waals surface area contributed by atoms with Crippen molar-refractivity contribution in [3.63, 3.8) is 0 Å². The van der Waals surface area contributed by atoms with Gasteiger partial charge in [0.15, 0.2) is 0 Å². The second-order valence-corrected chi connectivity index (χ2v) is 4.24. The van der Waals surface area contributed by atoms with Gasteiger partial charge in [-0.25, -0.2) is 0 Å². The van der Waals surface area contributed by atoms with Crippen molar-refractivity contribution in [3.05, 3.63) is 34.8 Å². The lowest BCUT2D eigenvalue weighted by Crippen LogP contribution is -2.02. The highest BCUT2D eigenvalue weighted by Crippen LogP contribution is 2.18. The second kappa shape index (κ2) is 5.42. The van der Waals surface area contributed by atoms with E-state index in [1.807, 2.05) is 12.1 Å². The van der Waals surface area contributed by atoms with E-state index in [9.17, 15) is 0 Å². The maximum absolute atomic E-state index is 8.61. The van der Waals surface area contributed by atoms with E-state index < -0.39 is 0 Å². The molecule has 15 heavy (non-hydrogen) atoms. The molecule has 0 heterocycles. The lowest BCUT2D eigenvalue weighted by molar-refractivity contribution is 1.25. The molecule has 0 unspecified atom stereocenters. The van der Waals surface area contributed by atoms with Crippen LogP contribution in [0, 0.1) is 11.3 Å². The van der Waals surface area contributed by atoms with Gasteiger partial charge in [-0.1, -0.05) is 22.5 Å². The quantitative estimate of drug-likeness (QED) is 0.823. The van der Waals surface area contributed by atoms with Crippen molar-refractivity contribution in [1.82, 2.24) is 0 Å². The Bertz CT molecular complexity index is 407. The van der Waals surface area contributed by atoms with Gasteiger partial charge in [0.05, 0.1) is 12.5 Å².